The molecule has 1 aromatic rings. The van der Waals surface area contributed by atoms with Gasteiger partial charge in [0.25, 0.3) is 0 Å². The molecule has 0 bridgehead atoms. The molecule has 2 fully saturated rings. The van der Waals surface area contributed by atoms with Gasteiger partial charge in [-0.1, -0.05) is 24.6 Å². The van der Waals surface area contributed by atoms with E-state index >= 15 is 0 Å². The van der Waals surface area contributed by atoms with Gasteiger partial charge in [-0.05, 0) is 50.4 Å². The van der Waals surface area contributed by atoms with Crippen LogP contribution in [-0.2, 0) is 0 Å². The molecule has 0 aliphatic carbocycles. The predicted molar refractivity (Wildman–Crippen MR) is 122 cm³/mol. The number of anilines is 1. The molecule has 2 aliphatic rings. The summed E-state index contributed by atoms with van der Waals surface area (Å²) < 4.78 is 0. The summed E-state index contributed by atoms with van der Waals surface area (Å²) in [5.41, 5.74) is 1.34. The quantitative estimate of drug-likeness (QED) is 0.381. The van der Waals surface area contributed by atoms with E-state index in [9.17, 15) is 0 Å². The summed E-state index contributed by atoms with van der Waals surface area (Å²) in [6, 6.07) is 10.7. The molecular weight excluding hydrogens is 437 g/mol. The molecule has 0 aromatic heterocycles. The molecule has 26 heavy (non-hydrogen) atoms. The molecule has 1 aromatic carbocycles. The Kier molecular flexibility index (Phi) is 9.53. The van der Waals surface area contributed by atoms with Crippen molar-refractivity contribution in [2.45, 2.75) is 25.7 Å². The van der Waals surface area contributed by atoms with E-state index < -0.39 is 0 Å². The molecule has 2 N–H and O–H groups in total. The Balaban J connectivity index is 0.00000243. The molecule has 1 unspecified atom stereocenters. The monoisotopic (exact) mass is 471 g/mol. The van der Waals surface area contributed by atoms with E-state index in [1.54, 1.807) is 0 Å². The highest BCUT2D eigenvalue weighted by atomic mass is 127. The summed E-state index contributed by atoms with van der Waals surface area (Å²) >= 11 is 0. The van der Waals surface area contributed by atoms with E-state index in [-0.39, 0.29) is 24.0 Å². The molecule has 0 radical (unpaired) electrons. The molecule has 0 saturated carbocycles. The van der Waals surface area contributed by atoms with Gasteiger partial charge in [-0.3, -0.25) is 4.99 Å². The number of likely N-dealkylation sites (tertiary alicyclic amines) is 1. The Morgan fingerprint density at radius 1 is 1.08 bits per heavy atom. The average molecular weight is 471 g/mol. The minimum Gasteiger partial charge on any atom is -0.371 e. The highest BCUT2D eigenvalue weighted by molar-refractivity contribution is 14.0. The number of nitrogens with one attached hydrogen (secondary N) is 2. The number of piperidine rings is 1. The number of guanidine groups is 1. The Morgan fingerprint density at radius 2 is 1.85 bits per heavy atom. The van der Waals surface area contributed by atoms with Crippen LogP contribution >= 0.6 is 24.0 Å². The fourth-order valence-corrected chi connectivity index (χ4v) is 3.85. The van der Waals surface area contributed by atoms with Crippen LogP contribution in [0.5, 0.6) is 0 Å². The third-order valence-electron chi connectivity index (χ3n) is 5.36. The van der Waals surface area contributed by atoms with Crippen molar-refractivity contribution in [3.05, 3.63) is 30.3 Å². The van der Waals surface area contributed by atoms with Crippen molar-refractivity contribution in [3.63, 3.8) is 0 Å². The maximum Gasteiger partial charge on any atom is 0.191 e. The van der Waals surface area contributed by atoms with Gasteiger partial charge < -0.3 is 20.4 Å². The summed E-state index contributed by atoms with van der Waals surface area (Å²) in [7, 11) is 1.86. The molecule has 5 nitrogen and oxygen atoms in total. The fraction of sp³-hybridized carbons (Fsp3) is 0.650. The summed E-state index contributed by atoms with van der Waals surface area (Å²) in [5, 5.41) is 6.98. The van der Waals surface area contributed by atoms with E-state index in [1.165, 1.54) is 44.5 Å². The van der Waals surface area contributed by atoms with Crippen LogP contribution in [0.4, 0.5) is 5.69 Å². The van der Waals surface area contributed by atoms with Crippen molar-refractivity contribution in [2.24, 2.45) is 10.9 Å². The third kappa shape index (κ3) is 6.61. The number of hydrogen-bond acceptors (Lipinski definition) is 3. The summed E-state index contributed by atoms with van der Waals surface area (Å²) in [6.45, 7) is 7.87. The van der Waals surface area contributed by atoms with Gasteiger partial charge in [-0.25, -0.2) is 0 Å². The standard InChI is InChI=1S/C20H33N5.HI/c1-21-20(22-11-15-24-12-6-3-7-13-24)23-16-18-10-14-25(17-18)19-8-4-2-5-9-19;/h2,4-5,8-9,18H,3,6-7,10-17H2,1H3,(H2,21,22,23);1H. The topological polar surface area (TPSA) is 42.9 Å². The second-order valence-electron chi connectivity index (χ2n) is 7.22. The predicted octanol–water partition coefficient (Wildman–Crippen LogP) is 2.78. The van der Waals surface area contributed by atoms with Crippen molar-refractivity contribution in [2.75, 3.05) is 57.8 Å². The highest BCUT2D eigenvalue weighted by Gasteiger charge is 2.22. The molecule has 0 spiro atoms. The van der Waals surface area contributed by atoms with Gasteiger partial charge in [0.2, 0.25) is 0 Å². The second kappa shape index (κ2) is 11.6. The molecule has 146 valence electrons. The largest absolute Gasteiger partial charge is 0.371 e. The number of nitrogens with zero attached hydrogens (tertiary/aromatic N) is 3. The Bertz CT molecular complexity index is 530. The lowest BCUT2D eigenvalue weighted by Crippen LogP contribution is -2.44. The zero-order valence-corrected chi connectivity index (χ0v) is 18.3. The van der Waals surface area contributed by atoms with Crippen LogP contribution in [0.15, 0.2) is 35.3 Å². The van der Waals surface area contributed by atoms with Crippen LogP contribution in [0.1, 0.15) is 25.7 Å². The Labute approximate surface area is 175 Å². The zero-order chi connectivity index (χ0) is 17.3. The van der Waals surface area contributed by atoms with Crippen molar-refractivity contribution >= 4 is 35.6 Å². The molecular formula is C20H34IN5. The fourth-order valence-electron chi connectivity index (χ4n) is 3.85. The Morgan fingerprint density at radius 3 is 2.58 bits per heavy atom. The van der Waals surface area contributed by atoms with Gasteiger partial charge in [-0.2, -0.15) is 0 Å². The van der Waals surface area contributed by atoms with E-state index in [4.69, 9.17) is 0 Å². The number of benzene rings is 1. The second-order valence-corrected chi connectivity index (χ2v) is 7.22. The van der Waals surface area contributed by atoms with Gasteiger partial charge in [-0.15, -0.1) is 24.0 Å². The normalized spacial score (nSPS) is 21.3. The van der Waals surface area contributed by atoms with Crippen LogP contribution < -0.4 is 15.5 Å². The average Bonchev–Trinajstić information content (AvgIpc) is 3.15. The van der Waals surface area contributed by atoms with Crippen molar-refractivity contribution in [1.82, 2.24) is 15.5 Å². The molecule has 1 atom stereocenters. The smallest absolute Gasteiger partial charge is 0.191 e. The van der Waals surface area contributed by atoms with Gasteiger partial charge >= 0.3 is 0 Å². The van der Waals surface area contributed by atoms with Crippen LogP contribution in [0, 0.1) is 5.92 Å². The summed E-state index contributed by atoms with van der Waals surface area (Å²) in [5.74, 6) is 1.62. The maximum absolute atomic E-state index is 4.37. The minimum absolute atomic E-state index is 0. The van der Waals surface area contributed by atoms with E-state index in [0.717, 1.165) is 38.7 Å². The first-order valence-electron chi connectivity index (χ1n) is 9.82. The van der Waals surface area contributed by atoms with Crippen molar-refractivity contribution in [3.8, 4) is 0 Å². The number of para-hydroxylation sites is 1. The lowest BCUT2D eigenvalue weighted by Gasteiger charge is -2.26. The lowest BCUT2D eigenvalue weighted by molar-refractivity contribution is 0.232. The SMILES string of the molecule is CN=C(NCCN1CCCCC1)NCC1CCN(c2ccccc2)C1.I. The van der Waals surface area contributed by atoms with Gasteiger partial charge in [0.05, 0.1) is 0 Å². The molecule has 0 amide bonds. The van der Waals surface area contributed by atoms with Gasteiger partial charge in [0.15, 0.2) is 5.96 Å². The third-order valence-corrected chi connectivity index (χ3v) is 5.36. The summed E-state index contributed by atoms with van der Waals surface area (Å²) in [4.78, 5) is 9.41. The molecule has 2 saturated heterocycles. The Hall–Kier alpha value is -1.02. The van der Waals surface area contributed by atoms with Crippen LogP contribution in [-0.4, -0.2) is 63.7 Å². The maximum atomic E-state index is 4.37. The first kappa shape index (κ1) is 21.3. The number of hydrogen-bond donors (Lipinski definition) is 2. The van der Waals surface area contributed by atoms with E-state index in [1.807, 2.05) is 7.05 Å². The van der Waals surface area contributed by atoms with E-state index in [2.05, 4.69) is 55.8 Å². The number of halogens is 1. The van der Waals surface area contributed by atoms with E-state index in [0.29, 0.717) is 5.92 Å². The minimum atomic E-state index is 0. The molecule has 2 aliphatic heterocycles. The lowest BCUT2D eigenvalue weighted by atomic mass is 10.1. The summed E-state index contributed by atoms with van der Waals surface area (Å²) in [6.07, 6.45) is 5.35. The first-order valence-corrected chi connectivity index (χ1v) is 9.82. The highest BCUT2D eigenvalue weighted by Crippen LogP contribution is 2.22. The van der Waals surface area contributed by atoms with Crippen LogP contribution in [0.3, 0.4) is 0 Å². The molecule has 6 heteroatoms. The van der Waals surface area contributed by atoms with Crippen molar-refractivity contribution < 1.29 is 0 Å². The van der Waals surface area contributed by atoms with Crippen LogP contribution in [0.2, 0.25) is 0 Å². The van der Waals surface area contributed by atoms with Crippen molar-refractivity contribution in [1.29, 1.82) is 0 Å². The van der Waals surface area contributed by atoms with Gasteiger partial charge in [0, 0.05) is 45.5 Å². The number of aliphatic imine (C=N–C) groups is 1. The van der Waals surface area contributed by atoms with Gasteiger partial charge in [0.1, 0.15) is 0 Å². The zero-order valence-electron chi connectivity index (χ0n) is 16.0. The molecule has 2 heterocycles. The number of rotatable bonds is 6. The molecule has 3 rings (SSSR count). The first-order chi connectivity index (χ1) is 12.3. The van der Waals surface area contributed by atoms with Crippen LogP contribution in [0.25, 0.3) is 0 Å².